The molecule has 1 rings (SSSR count). The highest BCUT2D eigenvalue weighted by Crippen LogP contribution is 2.28. The normalized spacial score (nSPS) is 12.6. The van der Waals surface area contributed by atoms with Crippen LogP contribution >= 0.6 is 15.9 Å². The molecule has 0 amide bonds. The van der Waals surface area contributed by atoms with E-state index in [2.05, 4.69) is 15.9 Å². The van der Waals surface area contributed by atoms with Gasteiger partial charge in [-0.25, -0.2) is 0 Å². The van der Waals surface area contributed by atoms with Gasteiger partial charge in [-0.3, -0.25) is 0 Å². The highest BCUT2D eigenvalue weighted by molar-refractivity contribution is 9.10. The molecule has 1 aromatic carbocycles. The second kappa shape index (κ2) is 5.34. The Labute approximate surface area is 92.6 Å². The summed E-state index contributed by atoms with van der Waals surface area (Å²) in [7, 11) is 1.64. The molecule has 0 heterocycles. The second-order valence-electron chi connectivity index (χ2n) is 3.07. The van der Waals surface area contributed by atoms with Crippen LogP contribution in [-0.4, -0.2) is 13.7 Å². The van der Waals surface area contributed by atoms with Gasteiger partial charge in [0.1, 0.15) is 5.75 Å². The lowest BCUT2D eigenvalue weighted by Gasteiger charge is -2.15. The molecule has 0 radical (unpaired) electrons. The first-order chi connectivity index (χ1) is 6.69. The molecule has 0 aliphatic carbocycles. The number of rotatable bonds is 4. The van der Waals surface area contributed by atoms with E-state index in [9.17, 15) is 0 Å². The summed E-state index contributed by atoms with van der Waals surface area (Å²) in [6.45, 7) is 0.580. The van der Waals surface area contributed by atoms with Gasteiger partial charge in [-0.1, -0.05) is 15.9 Å². The van der Waals surface area contributed by atoms with Gasteiger partial charge in [-0.2, -0.15) is 0 Å². The number of hydrogen-bond donors (Lipinski definition) is 2. The molecule has 4 heteroatoms. The number of methoxy groups -OCH3 is 1. The molecular formula is C10H15BrN2O. The molecule has 0 aromatic heterocycles. The summed E-state index contributed by atoms with van der Waals surface area (Å²) in [5, 5.41) is 0. The maximum Gasteiger partial charge on any atom is 0.123 e. The van der Waals surface area contributed by atoms with Crippen LogP contribution in [0.5, 0.6) is 5.75 Å². The Morgan fingerprint density at radius 1 is 1.50 bits per heavy atom. The van der Waals surface area contributed by atoms with Crippen molar-refractivity contribution >= 4 is 15.9 Å². The summed E-state index contributed by atoms with van der Waals surface area (Å²) in [5.74, 6) is 0.814. The lowest BCUT2D eigenvalue weighted by molar-refractivity contribution is 0.404. The minimum Gasteiger partial charge on any atom is -0.496 e. The van der Waals surface area contributed by atoms with Gasteiger partial charge < -0.3 is 16.2 Å². The van der Waals surface area contributed by atoms with Gasteiger partial charge in [0.15, 0.2) is 0 Å². The molecule has 0 aliphatic rings. The van der Waals surface area contributed by atoms with Gasteiger partial charge in [0, 0.05) is 16.1 Å². The fraction of sp³-hybridized carbons (Fsp3) is 0.400. The largest absolute Gasteiger partial charge is 0.496 e. The summed E-state index contributed by atoms with van der Waals surface area (Å²) < 4.78 is 6.23. The number of hydrogen-bond acceptors (Lipinski definition) is 3. The van der Waals surface area contributed by atoms with Gasteiger partial charge in [-0.05, 0) is 31.2 Å². The van der Waals surface area contributed by atoms with Crippen molar-refractivity contribution in [1.29, 1.82) is 0 Å². The Balaban J connectivity index is 2.97. The highest BCUT2D eigenvalue weighted by atomic mass is 79.9. The lowest BCUT2D eigenvalue weighted by Crippen LogP contribution is -2.16. The number of ether oxygens (including phenoxy) is 1. The van der Waals surface area contributed by atoms with E-state index in [0.717, 1.165) is 22.2 Å². The van der Waals surface area contributed by atoms with Crippen LogP contribution in [-0.2, 0) is 0 Å². The van der Waals surface area contributed by atoms with Crippen LogP contribution in [0.4, 0.5) is 0 Å². The number of halogens is 1. The standard InChI is InChI=1S/C10H15BrN2O/c1-14-10-3-2-7(11)6-8(10)9(13)4-5-12/h2-3,6,9H,4-5,12-13H2,1H3/t9-/m1/s1. The molecule has 0 saturated heterocycles. The molecular weight excluding hydrogens is 244 g/mol. The lowest BCUT2D eigenvalue weighted by atomic mass is 10.0. The Bertz CT molecular complexity index is 304. The van der Waals surface area contributed by atoms with E-state index < -0.39 is 0 Å². The van der Waals surface area contributed by atoms with Gasteiger partial charge in [0.2, 0.25) is 0 Å². The zero-order chi connectivity index (χ0) is 10.6. The molecule has 1 atom stereocenters. The average Bonchev–Trinajstić information content (AvgIpc) is 2.18. The molecule has 0 aliphatic heterocycles. The van der Waals surface area contributed by atoms with Crippen molar-refractivity contribution in [2.24, 2.45) is 11.5 Å². The van der Waals surface area contributed by atoms with E-state index in [1.165, 1.54) is 0 Å². The van der Waals surface area contributed by atoms with Gasteiger partial charge in [-0.15, -0.1) is 0 Å². The van der Waals surface area contributed by atoms with Crippen LogP contribution < -0.4 is 16.2 Å². The van der Waals surface area contributed by atoms with E-state index in [-0.39, 0.29) is 6.04 Å². The quantitative estimate of drug-likeness (QED) is 0.866. The Hall–Kier alpha value is -0.580. The molecule has 0 saturated carbocycles. The van der Waals surface area contributed by atoms with E-state index in [0.29, 0.717) is 6.54 Å². The van der Waals surface area contributed by atoms with E-state index in [4.69, 9.17) is 16.2 Å². The number of benzene rings is 1. The zero-order valence-corrected chi connectivity index (χ0v) is 9.75. The molecule has 0 unspecified atom stereocenters. The van der Waals surface area contributed by atoms with Crippen molar-refractivity contribution in [2.75, 3.05) is 13.7 Å². The fourth-order valence-corrected chi connectivity index (χ4v) is 1.71. The monoisotopic (exact) mass is 258 g/mol. The predicted octanol–water partition coefficient (Wildman–Crippen LogP) is 1.81. The smallest absolute Gasteiger partial charge is 0.123 e. The van der Waals surface area contributed by atoms with Crippen molar-refractivity contribution in [1.82, 2.24) is 0 Å². The summed E-state index contributed by atoms with van der Waals surface area (Å²) in [4.78, 5) is 0. The maximum atomic E-state index is 5.97. The van der Waals surface area contributed by atoms with Crippen LogP contribution in [0.2, 0.25) is 0 Å². The molecule has 78 valence electrons. The van der Waals surface area contributed by atoms with Crippen molar-refractivity contribution in [3.05, 3.63) is 28.2 Å². The average molecular weight is 259 g/mol. The first-order valence-corrected chi connectivity index (χ1v) is 5.27. The van der Waals surface area contributed by atoms with Gasteiger partial charge in [0.05, 0.1) is 7.11 Å². The van der Waals surface area contributed by atoms with Crippen molar-refractivity contribution < 1.29 is 4.74 Å². The molecule has 0 spiro atoms. The van der Waals surface area contributed by atoms with Crippen molar-refractivity contribution in [3.63, 3.8) is 0 Å². The summed E-state index contributed by atoms with van der Waals surface area (Å²) in [5.41, 5.74) is 12.4. The Morgan fingerprint density at radius 3 is 2.79 bits per heavy atom. The second-order valence-corrected chi connectivity index (χ2v) is 3.99. The summed E-state index contributed by atoms with van der Waals surface area (Å²) >= 11 is 3.40. The Kier molecular flexibility index (Phi) is 4.38. The molecule has 0 fully saturated rings. The van der Waals surface area contributed by atoms with Crippen LogP contribution in [0.25, 0.3) is 0 Å². The molecule has 14 heavy (non-hydrogen) atoms. The van der Waals surface area contributed by atoms with Crippen molar-refractivity contribution in [3.8, 4) is 5.75 Å². The van der Waals surface area contributed by atoms with E-state index in [1.54, 1.807) is 7.11 Å². The molecule has 1 aromatic rings. The maximum absolute atomic E-state index is 5.97. The topological polar surface area (TPSA) is 61.3 Å². The van der Waals surface area contributed by atoms with E-state index in [1.807, 2.05) is 18.2 Å². The minimum absolute atomic E-state index is 0.0625. The third kappa shape index (κ3) is 2.70. The van der Waals surface area contributed by atoms with Crippen molar-refractivity contribution in [2.45, 2.75) is 12.5 Å². The molecule has 3 nitrogen and oxygen atoms in total. The Morgan fingerprint density at radius 2 is 2.21 bits per heavy atom. The van der Waals surface area contributed by atoms with Crippen LogP contribution in [0.1, 0.15) is 18.0 Å². The van der Waals surface area contributed by atoms with Gasteiger partial charge in [0.25, 0.3) is 0 Å². The van der Waals surface area contributed by atoms with E-state index >= 15 is 0 Å². The van der Waals surface area contributed by atoms with Gasteiger partial charge >= 0.3 is 0 Å². The summed E-state index contributed by atoms with van der Waals surface area (Å²) in [6, 6.07) is 5.74. The summed E-state index contributed by atoms with van der Waals surface area (Å²) in [6.07, 6.45) is 0.757. The highest BCUT2D eigenvalue weighted by Gasteiger charge is 2.11. The minimum atomic E-state index is -0.0625. The van der Waals surface area contributed by atoms with Crippen LogP contribution in [0, 0.1) is 0 Å². The van der Waals surface area contributed by atoms with Crippen LogP contribution in [0.15, 0.2) is 22.7 Å². The zero-order valence-electron chi connectivity index (χ0n) is 8.16. The number of nitrogens with two attached hydrogens (primary N) is 2. The predicted molar refractivity (Wildman–Crippen MR) is 61.3 cm³/mol. The first-order valence-electron chi connectivity index (χ1n) is 4.48. The fourth-order valence-electron chi connectivity index (χ4n) is 1.33. The first kappa shape index (κ1) is 11.5. The molecule has 4 N–H and O–H groups in total. The third-order valence-corrected chi connectivity index (χ3v) is 2.56. The SMILES string of the molecule is COc1ccc(Br)cc1[C@H](N)CCN. The molecule has 0 bridgehead atoms. The third-order valence-electron chi connectivity index (χ3n) is 2.07. The van der Waals surface area contributed by atoms with Crippen LogP contribution in [0.3, 0.4) is 0 Å².